The van der Waals surface area contributed by atoms with Gasteiger partial charge >= 0.3 is 0 Å². The molecular weight excluding hydrogens is 425 g/mol. The molecule has 0 aliphatic carbocycles. The largest absolute Gasteiger partial charge is 0.415 e. The minimum absolute atomic E-state index is 0.320. The van der Waals surface area contributed by atoms with E-state index in [0.717, 1.165) is 0 Å². The lowest BCUT2D eigenvalue weighted by Gasteiger charge is -2.49. The predicted molar refractivity (Wildman–Crippen MR) is 125 cm³/mol. The van der Waals surface area contributed by atoms with Crippen molar-refractivity contribution in [2.45, 2.75) is 109 Å². The third kappa shape index (κ3) is 10.1. The Hall–Kier alpha value is 0.628. The molecule has 28 heavy (non-hydrogen) atoms. The standard InChI is InChI=1S/C18H44O6Si4/c1-25(2,3)20-13-14-15(22-26(4,5)6)16(23-27(7,8)9)17(18(19)21-14)24-28(10,11)12/h14-19H,13H2,1-12H3/t14-,15-,16+,17+,18?/m1/s1. The first-order valence-corrected chi connectivity index (χ1v) is 23.9. The Kier molecular flexibility index (Phi) is 8.96. The molecule has 0 aromatic carbocycles. The highest BCUT2D eigenvalue weighted by Crippen LogP contribution is 2.33. The summed E-state index contributed by atoms with van der Waals surface area (Å²) in [6.45, 7) is 26.1. The summed E-state index contributed by atoms with van der Waals surface area (Å²) < 4.78 is 31.7. The lowest BCUT2D eigenvalue weighted by atomic mass is 9.99. The van der Waals surface area contributed by atoms with Gasteiger partial charge in [-0.15, -0.1) is 0 Å². The molecule has 168 valence electrons. The van der Waals surface area contributed by atoms with E-state index in [-0.39, 0.29) is 18.3 Å². The Morgan fingerprint density at radius 2 is 1.00 bits per heavy atom. The van der Waals surface area contributed by atoms with Crippen LogP contribution in [0.5, 0.6) is 0 Å². The fourth-order valence-electron chi connectivity index (χ4n) is 2.99. The number of hydrogen-bond acceptors (Lipinski definition) is 6. The number of hydrogen-bond donors (Lipinski definition) is 1. The Balaban J connectivity index is 3.26. The number of aliphatic hydroxyl groups is 1. The van der Waals surface area contributed by atoms with Gasteiger partial charge in [-0.2, -0.15) is 0 Å². The zero-order chi connectivity index (χ0) is 22.1. The third-order valence-corrected chi connectivity index (χ3v) is 7.73. The van der Waals surface area contributed by atoms with Crippen LogP contribution >= 0.6 is 0 Å². The maximum atomic E-state index is 10.8. The summed E-state index contributed by atoms with van der Waals surface area (Å²) in [4.78, 5) is 0. The molecule has 10 heteroatoms. The van der Waals surface area contributed by atoms with Crippen LogP contribution in [0.15, 0.2) is 0 Å². The number of ether oxygens (including phenoxy) is 1. The van der Waals surface area contributed by atoms with Crippen LogP contribution in [-0.4, -0.2) is 75.7 Å². The van der Waals surface area contributed by atoms with E-state index in [1.54, 1.807) is 0 Å². The van der Waals surface area contributed by atoms with Gasteiger partial charge in [-0.3, -0.25) is 0 Å². The Morgan fingerprint density at radius 3 is 1.39 bits per heavy atom. The SMILES string of the molecule is C[Si](C)(C)OC[C@H]1OC(O)[C@@H](O[Si](C)(C)C)[C@@H](O[Si](C)(C)C)[C@@H]1O[Si](C)(C)C. The Labute approximate surface area is 176 Å². The summed E-state index contributed by atoms with van der Waals surface area (Å²) in [5, 5.41) is 10.8. The van der Waals surface area contributed by atoms with E-state index in [1.165, 1.54) is 0 Å². The molecule has 0 radical (unpaired) electrons. The van der Waals surface area contributed by atoms with Gasteiger partial charge in [0.05, 0.1) is 6.61 Å². The molecule has 1 heterocycles. The van der Waals surface area contributed by atoms with Crippen LogP contribution in [0.25, 0.3) is 0 Å². The van der Waals surface area contributed by atoms with Gasteiger partial charge in [-0.1, -0.05) is 0 Å². The minimum Gasteiger partial charge on any atom is -0.415 e. The first-order valence-electron chi connectivity index (χ1n) is 10.3. The first kappa shape index (κ1) is 26.7. The van der Waals surface area contributed by atoms with E-state index in [0.29, 0.717) is 6.61 Å². The molecule has 6 nitrogen and oxygen atoms in total. The molecule has 1 rings (SSSR count). The van der Waals surface area contributed by atoms with E-state index >= 15 is 0 Å². The highest BCUT2D eigenvalue weighted by Gasteiger charge is 2.51. The Bertz CT molecular complexity index is 492. The summed E-state index contributed by atoms with van der Waals surface area (Å²) in [5.74, 6) is 0. The van der Waals surface area contributed by atoms with Crippen molar-refractivity contribution < 1.29 is 27.5 Å². The molecule has 1 aliphatic heterocycles. The summed E-state index contributed by atoms with van der Waals surface area (Å²) >= 11 is 0. The number of aliphatic hydroxyl groups excluding tert-OH is 1. The average Bonchev–Trinajstić information content (AvgIpc) is 2.39. The maximum absolute atomic E-state index is 10.8. The summed E-state index contributed by atoms with van der Waals surface area (Å²) in [6, 6.07) is 0. The van der Waals surface area contributed by atoms with Crippen molar-refractivity contribution in [3.05, 3.63) is 0 Å². The second-order valence-corrected chi connectivity index (χ2v) is 29.5. The van der Waals surface area contributed by atoms with Crippen LogP contribution in [-0.2, 0) is 22.4 Å². The second kappa shape index (κ2) is 9.41. The zero-order valence-electron chi connectivity index (χ0n) is 20.1. The molecule has 1 fully saturated rings. The lowest BCUT2D eigenvalue weighted by Crippen LogP contribution is -2.66. The lowest BCUT2D eigenvalue weighted by molar-refractivity contribution is -0.274. The molecule has 1 N–H and O–H groups in total. The normalized spacial score (nSPS) is 30.5. The monoisotopic (exact) mass is 468 g/mol. The van der Waals surface area contributed by atoms with E-state index < -0.39 is 45.7 Å². The first-order chi connectivity index (χ1) is 12.3. The van der Waals surface area contributed by atoms with Gasteiger partial charge in [-0.25, -0.2) is 0 Å². The maximum Gasteiger partial charge on any atom is 0.184 e. The molecule has 0 bridgehead atoms. The Morgan fingerprint density at radius 1 is 0.607 bits per heavy atom. The van der Waals surface area contributed by atoms with E-state index in [2.05, 4.69) is 78.6 Å². The number of rotatable bonds is 9. The van der Waals surface area contributed by atoms with Gasteiger partial charge in [0.2, 0.25) is 0 Å². The molecule has 0 aromatic rings. The fraction of sp³-hybridized carbons (Fsp3) is 1.00. The van der Waals surface area contributed by atoms with Crippen LogP contribution in [0.3, 0.4) is 0 Å². The third-order valence-electron chi connectivity index (χ3n) is 3.76. The topological polar surface area (TPSA) is 66.4 Å². The van der Waals surface area contributed by atoms with Crippen LogP contribution < -0.4 is 0 Å². The molecule has 0 aromatic heterocycles. The highest BCUT2D eigenvalue weighted by molar-refractivity contribution is 6.71. The van der Waals surface area contributed by atoms with Gasteiger partial charge in [0, 0.05) is 0 Å². The van der Waals surface area contributed by atoms with Gasteiger partial charge < -0.3 is 27.5 Å². The zero-order valence-corrected chi connectivity index (χ0v) is 24.1. The van der Waals surface area contributed by atoms with Gasteiger partial charge in [0.15, 0.2) is 39.6 Å². The van der Waals surface area contributed by atoms with Crippen molar-refractivity contribution >= 4 is 33.3 Å². The minimum atomic E-state index is -1.94. The molecular formula is C18H44O6Si4. The molecule has 5 atom stereocenters. The van der Waals surface area contributed by atoms with Crippen molar-refractivity contribution in [1.82, 2.24) is 0 Å². The van der Waals surface area contributed by atoms with Crippen LogP contribution in [0.4, 0.5) is 0 Å². The van der Waals surface area contributed by atoms with Crippen molar-refractivity contribution in [2.75, 3.05) is 6.61 Å². The smallest absolute Gasteiger partial charge is 0.184 e. The second-order valence-electron chi connectivity index (χ2n) is 11.6. The average molecular weight is 469 g/mol. The van der Waals surface area contributed by atoms with Gasteiger partial charge in [0.25, 0.3) is 0 Å². The van der Waals surface area contributed by atoms with Gasteiger partial charge in [0.1, 0.15) is 24.4 Å². The van der Waals surface area contributed by atoms with Crippen molar-refractivity contribution in [3.63, 3.8) is 0 Å². The van der Waals surface area contributed by atoms with E-state index in [4.69, 9.17) is 22.4 Å². The van der Waals surface area contributed by atoms with Gasteiger partial charge in [-0.05, 0) is 78.6 Å². The predicted octanol–water partition coefficient (Wildman–Crippen LogP) is 4.22. The molecule has 1 aliphatic rings. The summed E-state index contributed by atoms with van der Waals surface area (Å²) in [7, 11) is -7.50. The van der Waals surface area contributed by atoms with Crippen molar-refractivity contribution in [3.8, 4) is 0 Å². The van der Waals surface area contributed by atoms with Crippen LogP contribution in [0.2, 0.25) is 78.6 Å². The summed E-state index contributed by atoms with van der Waals surface area (Å²) in [5.41, 5.74) is 0. The van der Waals surface area contributed by atoms with Crippen LogP contribution in [0, 0.1) is 0 Å². The molecule has 0 saturated carbocycles. The highest BCUT2D eigenvalue weighted by atomic mass is 28.4. The summed E-state index contributed by atoms with van der Waals surface area (Å²) in [6.07, 6.45) is -2.67. The van der Waals surface area contributed by atoms with Crippen molar-refractivity contribution in [2.24, 2.45) is 0 Å². The quantitative estimate of drug-likeness (QED) is 0.511. The molecule has 1 saturated heterocycles. The van der Waals surface area contributed by atoms with Crippen molar-refractivity contribution in [1.29, 1.82) is 0 Å². The van der Waals surface area contributed by atoms with Crippen LogP contribution in [0.1, 0.15) is 0 Å². The van der Waals surface area contributed by atoms with E-state index in [1.807, 2.05) is 0 Å². The molecule has 0 amide bonds. The molecule has 0 spiro atoms. The fourth-order valence-corrected chi connectivity index (χ4v) is 6.91. The van der Waals surface area contributed by atoms with E-state index in [9.17, 15) is 5.11 Å². The molecule has 1 unspecified atom stereocenters.